The molecule has 0 bridgehead atoms. The molecule has 6 heteroatoms. The van der Waals surface area contributed by atoms with Crippen molar-refractivity contribution in [1.82, 2.24) is 5.32 Å². The number of carbonyl (C=O) groups is 2. The minimum Gasteiger partial charge on any atom is -0.492 e. The lowest BCUT2D eigenvalue weighted by Gasteiger charge is -2.11. The highest BCUT2D eigenvalue weighted by Gasteiger charge is 2.14. The van der Waals surface area contributed by atoms with E-state index < -0.39 is 5.97 Å². The summed E-state index contributed by atoms with van der Waals surface area (Å²) < 4.78 is 10.3. The second-order valence-corrected chi connectivity index (χ2v) is 3.75. The van der Waals surface area contributed by atoms with E-state index in [9.17, 15) is 9.59 Å². The molecule has 1 aromatic rings. The summed E-state index contributed by atoms with van der Waals surface area (Å²) in [6.45, 7) is 2.16. The molecule has 0 fully saturated rings. The van der Waals surface area contributed by atoms with E-state index in [1.165, 1.54) is 6.07 Å². The molecule has 0 saturated heterocycles. The molecule has 0 aliphatic carbocycles. The number of nitrogen functional groups attached to an aromatic ring is 1. The van der Waals surface area contributed by atoms with E-state index in [4.69, 9.17) is 15.2 Å². The Balaban J connectivity index is 2.76. The summed E-state index contributed by atoms with van der Waals surface area (Å²) in [6.07, 6.45) is 0.202. The molecule has 19 heavy (non-hydrogen) atoms. The van der Waals surface area contributed by atoms with Crippen LogP contribution >= 0.6 is 0 Å². The Bertz CT molecular complexity index is 460. The zero-order valence-corrected chi connectivity index (χ0v) is 11.1. The van der Waals surface area contributed by atoms with Crippen molar-refractivity contribution in [2.24, 2.45) is 0 Å². The van der Waals surface area contributed by atoms with Crippen LogP contribution in [0.15, 0.2) is 18.2 Å². The van der Waals surface area contributed by atoms with Crippen molar-refractivity contribution in [3.05, 3.63) is 23.8 Å². The highest BCUT2D eigenvalue weighted by molar-refractivity contribution is 5.93. The van der Waals surface area contributed by atoms with E-state index in [-0.39, 0.29) is 25.5 Å². The lowest BCUT2D eigenvalue weighted by Crippen LogP contribution is -2.20. The Kier molecular flexibility index (Phi) is 5.66. The summed E-state index contributed by atoms with van der Waals surface area (Å²) in [5, 5.41) is 2.49. The third-order valence-corrected chi connectivity index (χ3v) is 2.37. The van der Waals surface area contributed by atoms with Crippen LogP contribution in [0.5, 0.6) is 5.75 Å². The number of esters is 1. The second-order valence-electron chi connectivity index (χ2n) is 3.75. The molecule has 1 amide bonds. The summed E-state index contributed by atoms with van der Waals surface area (Å²) in [4.78, 5) is 22.8. The van der Waals surface area contributed by atoms with E-state index in [0.717, 1.165) is 0 Å². The van der Waals surface area contributed by atoms with Gasteiger partial charge in [-0.2, -0.15) is 0 Å². The van der Waals surface area contributed by atoms with Crippen molar-refractivity contribution < 1.29 is 19.1 Å². The van der Waals surface area contributed by atoms with Crippen molar-refractivity contribution in [2.45, 2.75) is 13.3 Å². The molecule has 1 aromatic carbocycles. The van der Waals surface area contributed by atoms with E-state index >= 15 is 0 Å². The van der Waals surface area contributed by atoms with Gasteiger partial charge in [-0.15, -0.1) is 0 Å². The zero-order chi connectivity index (χ0) is 14.3. The van der Waals surface area contributed by atoms with E-state index in [1.807, 2.05) is 0 Å². The van der Waals surface area contributed by atoms with Gasteiger partial charge in [0.25, 0.3) is 0 Å². The van der Waals surface area contributed by atoms with Gasteiger partial charge in [0, 0.05) is 18.8 Å². The predicted molar refractivity (Wildman–Crippen MR) is 71.0 cm³/mol. The molecule has 0 spiro atoms. The highest BCUT2D eigenvalue weighted by atomic mass is 16.5. The van der Waals surface area contributed by atoms with Crippen molar-refractivity contribution >= 4 is 17.6 Å². The normalized spacial score (nSPS) is 9.79. The van der Waals surface area contributed by atoms with E-state index in [1.54, 1.807) is 26.1 Å². The first kappa shape index (κ1) is 14.8. The maximum Gasteiger partial charge on any atom is 0.341 e. The Hall–Kier alpha value is -2.24. The monoisotopic (exact) mass is 266 g/mol. The molecule has 6 nitrogen and oxygen atoms in total. The van der Waals surface area contributed by atoms with Gasteiger partial charge in [0.15, 0.2) is 0 Å². The van der Waals surface area contributed by atoms with Crippen LogP contribution in [0.3, 0.4) is 0 Å². The van der Waals surface area contributed by atoms with Crippen molar-refractivity contribution in [2.75, 3.05) is 26.0 Å². The Labute approximate surface area is 111 Å². The van der Waals surface area contributed by atoms with Gasteiger partial charge in [-0.25, -0.2) is 4.79 Å². The number of nitrogens with one attached hydrogen (secondary N) is 1. The second kappa shape index (κ2) is 7.25. The lowest BCUT2D eigenvalue weighted by atomic mass is 10.2. The topological polar surface area (TPSA) is 90.7 Å². The van der Waals surface area contributed by atoms with Gasteiger partial charge < -0.3 is 20.5 Å². The summed E-state index contributed by atoms with van der Waals surface area (Å²) in [7, 11) is 1.55. The number of anilines is 1. The Morgan fingerprint density at radius 3 is 2.74 bits per heavy atom. The number of nitrogens with two attached hydrogens (primary N) is 1. The standard InChI is InChI=1S/C13H18N2O4/c1-3-18-13(17)10-5-4-9(14)8-11(10)19-7-6-12(16)15-2/h4-5,8H,3,6-7,14H2,1-2H3,(H,15,16). The largest absolute Gasteiger partial charge is 0.492 e. The van der Waals surface area contributed by atoms with Gasteiger partial charge in [-0.05, 0) is 19.1 Å². The molecule has 0 saturated carbocycles. The minimum atomic E-state index is -0.475. The molecular weight excluding hydrogens is 248 g/mol. The first-order valence-corrected chi connectivity index (χ1v) is 5.98. The SMILES string of the molecule is CCOC(=O)c1ccc(N)cc1OCCC(=O)NC. The minimum absolute atomic E-state index is 0.137. The molecule has 0 unspecified atom stereocenters. The van der Waals surface area contributed by atoms with Crippen LogP contribution in [0.1, 0.15) is 23.7 Å². The van der Waals surface area contributed by atoms with E-state index in [2.05, 4.69) is 5.32 Å². The Morgan fingerprint density at radius 2 is 2.11 bits per heavy atom. The van der Waals surface area contributed by atoms with Crippen LogP contribution in [-0.4, -0.2) is 32.1 Å². The van der Waals surface area contributed by atoms with Gasteiger partial charge in [0.1, 0.15) is 11.3 Å². The van der Waals surface area contributed by atoms with Gasteiger partial charge >= 0.3 is 5.97 Å². The molecule has 104 valence electrons. The summed E-state index contributed by atoms with van der Waals surface area (Å²) in [6, 6.07) is 4.68. The van der Waals surface area contributed by atoms with Crippen molar-refractivity contribution in [3.8, 4) is 5.75 Å². The average Bonchev–Trinajstić information content (AvgIpc) is 2.38. The fourth-order valence-electron chi connectivity index (χ4n) is 1.41. The van der Waals surface area contributed by atoms with Gasteiger partial charge in [-0.3, -0.25) is 4.79 Å². The van der Waals surface area contributed by atoms with Crippen LogP contribution in [0, 0.1) is 0 Å². The fourth-order valence-corrected chi connectivity index (χ4v) is 1.41. The zero-order valence-electron chi connectivity index (χ0n) is 11.1. The predicted octanol–water partition coefficient (Wildman–Crippen LogP) is 0.960. The molecule has 0 aromatic heterocycles. The van der Waals surface area contributed by atoms with Crippen molar-refractivity contribution in [1.29, 1.82) is 0 Å². The summed E-state index contributed by atoms with van der Waals surface area (Å²) >= 11 is 0. The third kappa shape index (κ3) is 4.50. The number of ether oxygens (including phenoxy) is 2. The molecule has 0 radical (unpaired) electrons. The first-order chi connectivity index (χ1) is 9.08. The van der Waals surface area contributed by atoms with E-state index in [0.29, 0.717) is 17.0 Å². The first-order valence-electron chi connectivity index (χ1n) is 5.98. The molecule has 3 N–H and O–H groups in total. The number of hydrogen-bond donors (Lipinski definition) is 2. The summed E-state index contributed by atoms with van der Waals surface area (Å²) in [5.41, 5.74) is 6.42. The fraction of sp³-hybridized carbons (Fsp3) is 0.385. The van der Waals surface area contributed by atoms with Crippen LogP contribution < -0.4 is 15.8 Å². The number of rotatable bonds is 6. The number of amides is 1. The maximum absolute atomic E-state index is 11.7. The van der Waals surface area contributed by atoms with Gasteiger partial charge in [-0.1, -0.05) is 0 Å². The highest BCUT2D eigenvalue weighted by Crippen LogP contribution is 2.23. The average molecular weight is 266 g/mol. The third-order valence-electron chi connectivity index (χ3n) is 2.37. The lowest BCUT2D eigenvalue weighted by molar-refractivity contribution is -0.121. The number of benzene rings is 1. The van der Waals surface area contributed by atoms with Crippen LogP contribution in [0.4, 0.5) is 5.69 Å². The molecule has 0 aliphatic heterocycles. The number of carbonyl (C=O) groups excluding carboxylic acids is 2. The molecule has 0 atom stereocenters. The molecular formula is C13H18N2O4. The number of hydrogen-bond acceptors (Lipinski definition) is 5. The van der Waals surface area contributed by atoms with Crippen LogP contribution in [0.25, 0.3) is 0 Å². The van der Waals surface area contributed by atoms with Crippen LogP contribution in [-0.2, 0) is 9.53 Å². The Morgan fingerprint density at radius 1 is 1.37 bits per heavy atom. The van der Waals surface area contributed by atoms with Gasteiger partial charge in [0.2, 0.25) is 5.91 Å². The van der Waals surface area contributed by atoms with Crippen LogP contribution in [0.2, 0.25) is 0 Å². The smallest absolute Gasteiger partial charge is 0.341 e. The van der Waals surface area contributed by atoms with Crippen molar-refractivity contribution in [3.63, 3.8) is 0 Å². The van der Waals surface area contributed by atoms with Gasteiger partial charge in [0.05, 0.1) is 19.6 Å². The molecule has 0 aliphatic rings. The molecule has 1 rings (SSSR count). The molecule has 0 heterocycles. The maximum atomic E-state index is 11.7. The quantitative estimate of drug-likeness (QED) is 0.591. The summed E-state index contributed by atoms with van der Waals surface area (Å²) in [5.74, 6) is -0.290.